The first kappa shape index (κ1) is 23.7. The van der Waals surface area contributed by atoms with Crippen LogP contribution in [-0.2, 0) is 19.6 Å². The average Bonchev–Trinajstić information content (AvgIpc) is 3.39. The van der Waals surface area contributed by atoms with Crippen LogP contribution in [0.2, 0.25) is 0 Å². The molecule has 0 aromatic heterocycles. The molecular formula is C24H28N4O5S. The Morgan fingerprint density at radius 3 is 1.85 bits per heavy atom. The lowest BCUT2D eigenvalue weighted by molar-refractivity contribution is -0.152. The topological polar surface area (TPSA) is 107 Å². The van der Waals surface area contributed by atoms with Crippen molar-refractivity contribution in [1.29, 1.82) is 0 Å². The number of aryl methyl sites for hydroxylation is 1. The molecule has 0 bridgehead atoms. The van der Waals surface area contributed by atoms with Crippen molar-refractivity contribution in [2.45, 2.75) is 24.7 Å². The molecule has 0 unspecified atom stereocenters. The molecule has 0 atom stereocenters. The fraction of sp³-hybridized carbons (Fsp3) is 0.375. The highest BCUT2D eigenvalue weighted by atomic mass is 32.2. The second kappa shape index (κ2) is 9.84. The highest BCUT2D eigenvalue weighted by Gasteiger charge is 2.32. The summed E-state index contributed by atoms with van der Waals surface area (Å²) in [7, 11) is -3.79. The van der Waals surface area contributed by atoms with E-state index in [1.54, 1.807) is 21.9 Å². The fourth-order valence-corrected chi connectivity index (χ4v) is 5.28. The van der Waals surface area contributed by atoms with E-state index in [4.69, 9.17) is 0 Å². The molecule has 0 spiro atoms. The lowest BCUT2D eigenvalue weighted by Gasteiger charge is -2.35. The molecule has 3 amide bonds. The number of rotatable bonds is 4. The summed E-state index contributed by atoms with van der Waals surface area (Å²) in [4.78, 5) is 42.5. The van der Waals surface area contributed by atoms with Gasteiger partial charge < -0.3 is 14.7 Å². The summed E-state index contributed by atoms with van der Waals surface area (Å²) in [6, 6.07) is 12.9. The fourth-order valence-electron chi connectivity index (χ4n) is 4.15. The minimum absolute atomic E-state index is 0.0585. The molecule has 2 aliphatic rings. The highest BCUT2D eigenvalue weighted by Crippen LogP contribution is 2.20. The molecule has 2 saturated heterocycles. The minimum atomic E-state index is -3.79. The van der Waals surface area contributed by atoms with Gasteiger partial charge in [0.05, 0.1) is 10.6 Å². The molecule has 2 aromatic carbocycles. The summed E-state index contributed by atoms with van der Waals surface area (Å²) in [6.45, 7) is 4.26. The second-order valence-corrected chi connectivity index (χ2v) is 10.2. The monoisotopic (exact) mass is 484 g/mol. The van der Waals surface area contributed by atoms with E-state index >= 15 is 0 Å². The van der Waals surface area contributed by atoms with Crippen LogP contribution in [0.15, 0.2) is 53.4 Å². The number of amides is 3. The van der Waals surface area contributed by atoms with Crippen LogP contribution in [0.3, 0.4) is 0 Å². The van der Waals surface area contributed by atoms with Crippen molar-refractivity contribution in [3.05, 3.63) is 59.7 Å². The Morgan fingerprint density at radius 1 is 0.735 bits per heavy atom. The average molecular weight is 485 g/mol. The zero-order chi connectivity index (χ0) is 24.3. The number of nitrogens with zero attached hydrogens (tertiary/aromatic N) is 3. The Balaban J connectivity index is 1.35. The van der Waals surface area contributed by atoms with Gasteiger partial charge in [-0.2, -0.15) is 0 Å². The molecule has 180 valence electrons. The van der Waals surface area contributed by atoms with E-state index in [2.05, 4.69) is 4.72 Å². The van der Waals surface area contributed by atoms with Gasteiger partial charge in [0.2, 0.25) is 0 Å². The molecule has 0 aliphatic carbocycles. The number of carbonyl (C=O) groups excluding carboxylic acids is 3. The van der Waals surface area contributed by atoms with Gasteiger partial charge in [0, 0.05) is 44.8 Å². The van der Waals surface area contributed by atoms with Crippen LogP contribution >= 0.6 is 0 Å². The molecule has 10 heteroatoms. The molecule has 0 saturated carbocycles. The van der Waals surface area contributed by atoms with E-state index in [0.29, 0.717) is 37.4 Å². The lowest BCUT2D eigenvalue weighted by Crippen LogP contribution is -2.54. The number of hydrogen-bond acceptors (Lipinski definition) is 5. The van der Waals surface area contributed by atoms with Gasteiger partial charge in [-0.1, -0.05) is 18.2 Å². The van der Waals surface area contributed by atoms with Crippen LogP contribution in [-0.4, -0.2) is 80.1 Å². The molecule has 4 rings (SSSR count). The van der Waals surface area contributed by atoms with Gasteiger partial charge >= 0.3 is 11.8 Å². The number of hydrogen-bond donors (Lipinski definition) is 1. The van der Waals surface area contributed by atoms with Gasteiger partial charge in [-0.05, 0) is 55.7 Å². The number of sulfonamides is 1. The van der Waals surface area contributed by atoms with Crippen molar-refractivity contribution in [1.82, 2.24) is 14.7 Å². The number of likely N-dealkylation sites (tertiary alicyclic amines) is 1. The van der Waals surface area contributed by atoms with E-state index < -0.39 is 21.8 Å². The largest absolute Gasteiger partial charge is 0.335 e. The Bertz CT molecular complexity index is 1180. The van der Waals surface area contributed by atoms with E-state index in [-0.39, 0.29) is 23.9 Å². The third-order valence-electron chi connectivity index (χ3n) is 6.23. The molecule has 2 fully saturated rings. The second-order valence-electron chi connectivity index (χ2n) is 8.53. The third-order valence-corrected chi connectivity index (χ3v) is 7.61. The Morgan fingerprint density at radius 2 is 1.26 bits per heavy atom. The predicted octanol–water partition coefficient (Wildman–Crippen LogP) is 1.70. The first-order chi connectivity index (χ1) is 16.3. The lowest BCUT2D eigenvalue weighted by atomic mass is 10.2. The third kappa shape index (κ3) is 5.06. The molecule has 9 nitrogen and oxygen atoms in total. The van der Waals surface area contributed by atoms with Crippen LogP contribution in [0.5, 0.6) is 0 Å². The Labute approximate surface area is 199 Å². The smallest absolute Gasteiger partial charge is 0.312 e. The highest BCUT2D eigenvalue weighted by molar-refractivity contribution is 7.92. The zero-order valence-corrected chi connectivity index (χ0v) is 19.9. The van der Waals surface area contributed by atoms with Gasteiger partial charge in [-0.25, -0.2) is 8.42 Å². The van der Waals surface area contributed by atoms with Crippen molar-refractivity contribution in [2.75, 3.05) is 44.0 Å². The van der Waals surface area contributed by atoms with E-state index in [1.807, 2.05) is 19.1 Å². The van der Waals surface area contributed by atoms with Crippen molar-refractivity contribution in [3.8, 4) is 0 Å². The van der Waals surface area contributed by atoms with Crippen molar-refractivity contribution in [3.63, 3.8) is 0 Å². The van der Waals surface area contributed by atoms with Gasteiger partial charge in [0.25, 0.3) is 15.9 Å². The number of anilines is 1. The van der Waals surface area contributed by atoms with Crippen LogP contribution in [0, 0.1) is 6.92 Å². The molecule has 2 heterocycles. The molecule has 2 aromatic rings. The van der Waals surface area contributed by atoms with Crippen LogP contribution < -0.4 is 4.72 Å². The normalized spacial score (nSPS) is 16.4. The number of para-hydroxylation sites is 1. The summed E-state index contributed by atoms with van der Waals surface area (Å²) in [5.41, 5.74) is 1.67. The summed E-state index contributed by atoms with van der Waals surface area (Å²) < 4.78 is 28.0. The summed E-state index contributed by atoms with van der Waals surface area (Å²) in [5.74, 6) is -1.22. The first-order valence-electron chi connectivity index (χ1n) is 11.3. The van der Waals surface area contributed by atoms with Gasteiger partial charge in [-0.3, -0.25) is 19.1 Å². The van der Waals surface area contributed by atoms with E-state index in [9.17, 15) is 22.8 Å². The van der Waals surface area contributed by atoms with Crippen LogP contribution in [0.25, 0.3) is 0 Å². The van der Waals surface area contributed by atoms with E-state index in [1.165, 1.54) is 29.2 Å². The summed E-state index contributed by atoms with van der Waals surface area (Å²) in [6.07, 6.45) is 1.84. The van der Waals surface area contributed by atoms with Crippen molar-refractivity contribution in [2.24, 2.45) is 0 Å². The number of carbonyl (C=O) groups is 3. The molecule has 1 N–H and O–H groups in total. The van der Waals surface area contributed by atoms with Crippen molar-refractivity contribution < 1.29 is 22.8 Å². The quantitative estimate of drug-likeness (QED) is 0.665. The van der Waals surface area contributed by atoms with Gasteiger partial charge in [0.15, 0.2) is 0 Å². The maximum atomic E-state index is 12.9. The number of piperazine rings is 1. The van der Waals surface area contributed by atoms with Gasteiger partial charge in [-0.15, -0.1) is 0 Å². The number of benzene rings is 2. The standard InChI is InChI=1S/C24H28N4O5S/c1-18-6-2-3-7-21(18)25-34(32,33)20-10-8-19(9-11-20)22(29)27-14-16-28(17-15-27)24(31)23(30)26-12-4-5-13-26/h2-3,6-11,25H,4-5,12-17H2,1H3. The van der Waals surface area contributed by atoms with Crippen LogP contribution in [0.1, 0.15) is 28.8 Å². The minimum Gasteiger partial charge on any atom is -0.335 e. The SMILES string of the molecule is Cc1ccccc1NS(=O)(=O)c1ccc(C(=O)N2CCN(C(=O)C(=O)N3CCCC3)CC2)cc1. The van der Waals surface area contributed by atoms with Crippen molar-refractivity contribution >= 4 is 33.4 Å². The summed E-state index contributed by atoms with van der Waals surface area (Å²) >= 11 is 0. The summed E-state index contributed by atoms with van der Waals surface area (Å²) in [5, 5.41) is 0. The molecule has 34 heavy (non-hydrogen) atoms. The number of nitrogens with one attached hydrogen (secondary N) is 1. The zero-order valence-electron chi connectivity index (χ0n) is 19.1. The maximum Gasteiger partial charge on any atom is 0.312 e. The molecular weight excluding hydrogens is 456 g/mol. The first-order valence-corrected chi connectivity index (χ1v) is 12.8. The predicted molar refractivity (Wildman–Crippen MR) is 127 cm³/mol. The van der Waals surface area contributed by atoms with Gasteiger partial charge in [0.1, 0.15) is 0 Å². The maximum absolute atomic E-state index is 12.9. The molecule has 2 aliphatic heterocycles. The Kier molecular flexibility index (Phi) is 6.87. The molecule has 0 radical (unpaired) electrons. The Hall–Kier alpha value is -3.40. The van der Waals surface area contributed by atoms with E-state index in [0.717, 1.165) is 18.4 Å². The van der Waals surface area contributed by atoms with Crippen LogP contribution in [0.4, 0.5) is 5.69 Å².